The SMILES string of the molecule is COC1=C(OC)CC23CCCCC2=CC=CC(=O)C3=C1. The van der Waals surface area contributed by atoms with E-state index in [1.54, 1.807) is 20.3 Å². The van der Waals surface area contributed by atoms with Gasteiger partial charge in [0.15, 0.2) is 11.5 Å². The minimum atomic E-state index is -0.174. The molecule has 0 radical (unpaired) electrons. The summed E-state index contributed by atoms with van der Waals surface area (Å²) in [6.45, 7) is 0. The maximum Gasteiger partial charge on any atom is 0.182 e. The molecule has 0 aromatic carbocycles. The van der Waals surface area contributed by atoms with Crippen LogP contribution in [0.1, 0.15) is 32.1 Å². The van der Waals surface area contributed by atoms with Gasteiger partial charge < -0.3 is 9.47 Å². The monoisotopic (exact) mass is 272 g/mol. The van der Waals surface area contributed by atoms with Crippen molar-refractivity contribution in [2.45, 2.75) is 32.1 Å². The maximum atomic E-state index is 12.4. The predicted molar refractivity (Wildman–Crippen MR) is 76.9 cm³/mol. The van der Waals surface area contributed by atoms with Crippen molar-refractivity contribution < 1.29 is 14.3 Å². The molecular formula is C17H20O3. The lowest BCUT2D eigenvalue weighted by molar-refractivity contribution is -0.112. The van der Waals surface area contributed by atoms with Gasteiger partial charge in [-0.25, -0.2) is 0 Å². The van der Waals surface area contributed by atoms with Gasteiger partial charge in [0.2, 0.25) is 0 Å². The Morgan fingerprint density at radius 3 is 2.80 bits per heavy atom. The minimum Gasteiger partial charge on any atom is -0.497 e. The lowest BCUT2D eigenvalue weighted by Crippen LogP contribution is -2.35. The van der Waals surface area contributed by atoms with Gasteiger partial charge in [0.05, 0.1) is 14.2 Å². The zero-order valence-electron chi connectivity index (χ0n) is 12.1. The molecule has 0 saturated heterocycles. The first-order valence-corrected chi connectivity index (χ1v) is 7.16. The van der Waals surface area contributed by atoms with Crippen LogP contribution in [0.2, 0.25) is 0 Å². The third-order valence-corrected chi connectivity index (χ3v) is 4.72. The van der Waals surface area contributed by atoms with E-state index in [1.165, 1.54) is 12.0 Å². The summed E-state index contributed by atoms with van der Waals surface area (Å²) in [5, 5.41) is 0. The highest BCUT2D eigenvalue weighted by Gasteiger charge is 2.46. The lowest BCUT2D eigenvalue weighted by Gasteiger charge is -2.43. The van der Waals surface area contributed by atoms with Crippen molar-refractivity contribution in [3.8, 4) is 0 Å². The second-order valence-corrected chi connectivity index (χ2v) is 5.63. The van der Waals surface area contributed by atoms with Gasteiger partial charge in [0, 0.05) is 17.4 Å². The Kier molecular flexibility index (Phi) is 3.28. The van der Waals surface area contributed by atoms with Crippen LogP contribution in [-0.4, -0.2) is 20.0 Å². The van der Waals surface area contributed by atoms with Gasteiger partial charge in [-0.1, -0.05) is 24.1 Å². The Hall–Kier alpha value is -1.77. The summed E-state index contributed by atoms with van der Waals surface area (Å²) in [6, 6.07) is 0. The molecule has 3 aliphatic carbocycles. The summed E-state index contributed by atoms with van der Waals surface area (Å²) in [5.41, 5.74) is 2.06. The maximum absolute atomic E-state index is 12.4. The molecule has 1 atom stereocenters. The molecule has 0 aromatic rings. The lowest BCUT2D eigenvalue weighted by atomic mass is 9.61. The second kappa shape index (κ2) is 4.97. The Balaban J connectivity index is 2.16. The molecule has 1 unspecified atom stereocenters. The van der Waals surface area contributed by atoms with Crippen LogP contribution in [0.25, 0.3) is 0 Å². The topological polar surface area (TPSA) is 35.5 Å². The van der Waals surface area contributed by atoms with Crippen molar-refractivity contribution >= 4 is 5.78 Å². The van der Waals surface area contributed by atoms with E-state index in [4.69, 9.17) is 9.47 Å². The summed E-state index contributed by atoms with van der Waals surface area (Å²) in [7, 11) is 3.30. The van der Waals surface area contributed by atoms with E-state index in [-0.39, 0.29) is 11.2 Å². The normalized spacial score (nSPS) is 29.0. The van der Waals surface area contributed by atoms with Crippen molar-refractivity contribution in [1.82, 2.24) is 0 Å². The minimum absolute atomic E-state index is 0.0999. The Morgan fingerprint density at radius 1 is 1.20 bits per heavy atom. The molecule has 0 amide bonds. The van der Waals surface area contributed by atoms with E-state index in [0.29, 0.717) is 5.76 Å². The van der Waals surface area contributed by atoms with Crippen LogP contribution < -0.4 is 0 Å². The average Bonchev–Trinajstić information content (AvgIpc) is 2.62. The Bertz CT molecular complexity index is 563. The van der Waals surface area contributed by atoms with Crippen molar-refractivity contribution in [2.75, 3.05) is 14.2 Å². The number of hydrogen-bond acceptors (Lipinski definition) is 3. The summed E-state index contributed by atoms with van der Waals surface area (Å²) in [4.78, 5) is 12.4. The molecule has 1 spiro atoms. The van der Waals surface area contributed by atoms with Crippen molar-refractivity contribution in [3.63, 3.8) is 0 Å². The zero-order chi connectivity index (χ0) is 14.2. The average molecular weight is 272 g/mol. The third kappa shape index (κ3) is 1.84. The molecule has 0 bridgehead atoms. The fraction of sp³-hybridized carbons (Fsp3) is 0.471. The van der Waals surface area contributed by atoms with Crippen LogP contribution in [-0.2, 0) is 14.3 Å². The van der Waals surface area contributed by atoms with E-state index >= 15 is 0 Å². The molecule has 1 saturated carbocycles. The molecule has 0 N–H and O–H groups in total. The molecule has 0 aliphatic heterocycles. The van der Waals surface area contributed by atoms with Gasteiger partial charge in [0.25, 0.3) is 0 Å². The Morgan fingerprint density at radius 2 is 2.05 bits per heavy atom. The number of ketones is 1. The molecule has 3 nitrogen and oxygen atoms in total. The number of rotatable bonds is 2. The third-order valence-electron chi connectivity index (χ3n) is 4.72. The van der Waals surface area contributed by atoms with Gasteiger partial charge in [-0.15, -0.1) is 0 Å². The molecule has 0 aromatic heterocycles. The van der Waals surface area contributed by atoms with E-state index in [2.05, 4.69) is 6.08 Å². The fourth-order valence-electron chi connectivity index (χ4n) is 3.69. The molecule has 106 valence electrons. The summed E-state index contributed by atoms with van der Waals surface area (Å²) in [6.07, 6.45) is 12.7. The highest BCUT2D eigenvalue weighted by molar-refractivity contribution is 6.06. The van der Waals surface area contributed by atoms with Crippen molar-refractivity contribution in [2.24, 2.45) is 5.41 Å². The van der Waals surface area contributed by atoms with E-state index in [9.17, 15) is 4.79 Å². The molecule has 20 heavy (non-hydrogen) atoms. The van der Waals surface area contributed by atoms with Crippen LogP contribution in [0.5, 0.6) is 0 Å². The van der Waals surface area contributed by atoms with Crippen molar-refractivity contribution in [1.29, 1.82) is 0 Å². The molecule has 3 heteroatoms. The number of ether oxygens (including phenoxy) is 2. The summed E-state index contributed by atoms with van der Waals surface area (Å²) in [5.74, 6) is 1.63. The molecule has 3 rings (SSSR count). The highest BCUT2D eigenvalue weighted by atomic mass is 16.5. The number of carbonyl (C=O) groups excluding carboxylic acids is 1. The van der Waals surface area contributed by atoms with Crippen LogP contribution in [0.3, 0.4) is 0 Å². The summed E-state index contributed by atoms with van der Waals surface area (Å²) >= 11 is 0. The smallest absolute Gasteiger partial charge is 0.182 e. The van der Waals surface area contributed by atoms with Gasteiger partial charge in [0.1, 0.15) is 5.76 Å². The van der Waals surface area contributed by atoms with Gasteiger partial charge in [-0.3, -0.25) is 4.79 Å². The summed E-state index contributed by atoms with van der Waals surface area (Å²) < 4.78 is 10.9. The van der Waals surface area contributed by atoms with Crippen LogP contribution >= 0.6 is 0 Å². The van der Waals surface area contributed by atoms with Gasteiger partial charge in [-0.2, -0.15) is 0 Å². The van der Waals surface area contributed by atoms with Crippen LogP contribution in [0.15, 0.2) is 47.0 Å². The first-order chi connectivity index (χ1) is 9.71. The predicted octanol–water partition coefficient (Wildman–Crippen LogP) is 3.45. The zero-order valence-corrected chi connectivity index (χ0v) is 12.1. The molecule has 0 heterocycles. The number of allylic oxidation sites excluding steroid dienone is 7. The van der Waals surface area contributed by atoms with Crippen molar-refractivity contribution in [3.05, 3.63) is 47.0 Å². The Labute approximate surface area is 119 Å². The van der Waals surface area contributed by atoms with Gasteiger partial charge >= 0.3 is 0 Å². The first-order valence-electron chi connectivity index (χ1n) is 7.16. The highest BCUT2D eigenvalue weighted by Crippen LogP contribution is 2.54. The van der Waals surface area contributed by atoms with Crippen LogP contribution in [0, 0.1) is 5.41 Å². The van der Waals surface area contributed by atoms with E-state index in [0.717, 1.165) is 37.0 Å². The molecular weight excluding hydrogens is 252 g/mol. The van der Waals surface area contributed by atoms with Gasteiger partial charge in [-0.05, 0) is 31.4 Å². The largest absolute Gasteiger partial charge is 0.497 e. The van der Waals surface area contributed by atoms with E-state index in [1.807, 2.05) is 12.2 Å². The van der Waals surface area contributed by atoms with Crippen LogP contribution in [0.4, 0.5) is 0 Å². The molecule has 1 fully saturated rings. The molecule has 3 aliphatic rings. The number of carbonyl (C=O) groups is 1. The standard InChI is InChI=1S/C17H20O3/c1-19-15-10-13-14(18)8-5-7-12-6-3-4-9-17(12,13)11-16(15)20-2/h5,7-8,10H,3-4,6,9,11H2,1-2H3. The second-order valence-electron chi connectivity index (χ2n) is 5.63. The fourth-order valence-corrected chi connectivity index (χ4v) is 3.69. The number of methoxy groups -OCH3 is 2. The quantitative estimate of drug-likeness (QED) is 0.772. The first kappa shape index (κ1) is 13.2. The van der Waals surface area contributed by atoms with E-state index < -0.39 is 0 Å². The number of hydrogen-bond donors (Lipinski definition) is 0.